The highest BCUT2D eigenvalue weighted by Crippen LogP contribution is 2.42. The van der Waals surface area contributed by atoms with E-state index in [0.717, 1.165) is 22.3 Å². The zero-order valence-corrected chi connectivity index (χ0v) is 24.5. The van der Waals surface area contributed by atoms with Crippen molar-refractivity contribution in [2.45, 2.75) is 105 Å². The summed E-state index contributed by atoms with van der Waals surface area (Å²) in [5.41, 5.74) is 8.42. The molecule has 2 nitrogen and oxygen atoms in total. The van der Waals surface area contributed by atoms with Gasteiger partial charge in [-0.3, -0.25) is 0 Å². The molecular weight excluding hydrogens is 440 g/mol. The molecule has 0 atom stereocenters. The standard InChI is InChI=1S/C34H46O2/c1-21-17-29(35)27(31(3,4)5)19-25(21)33(9,10)23-13-15-24(16-14-23)34(11,12)26-20-28(32(6,7)8)30(36)18-22(26)2/h13-20,35-36H,1-12H3. The number of rotatable bonds is 4. The van der Waals surface area contributed by atoms with Gasteiger partial charge in [-0.15, -0.1) is 0 Å². The molecule has 0 bridgehead atoms. The Morgan fingerprint density at radius 1 is 0.444 bits per heavy atom. The van der Waals surface area contributed by atoms with Crippen molar-refractivity contribution in [1.29, 1.82) is 0 Å². The largest absolute Gasteiger partial charge is 0.508 e. The van der Waals surface area contributed by atoms with Gasteiger partial charge >= 0.3 is 0 Å². The summed E-state index contributed by atoms with van der Waals surface area (Å²) in [5, 5.41) is 21.2. The molecule has 2 N–H and O–H groups in total. The molecule has 0 unspecified atom stereocenters. The van der Waals surface area contributed by atoms with Crippen LogP contribution < -0.4 is 0 Å². The molecule has 0 fully saturated rings. The first-order valence-corrected chi connectivity index (χ1v) is 13.1. The van der Waals surface area contributed by atoms with Gasteiger partial charge in [0, 0.05) is 10.8 Å². The van der Waals surface area contributed by atoms with Crippen molar-refractivity contribution in [3.05, 3.63) is 93.0 Å². The third-order valence-corrected chi connectivity index (χ3v) is 7.98. The summed E-state index contributed by atoms with van der Waals surface area (Å²) in [5.74, 6) is 0.742. The summed E-state index contributed by atoms with van der Waals surface area (Å²) in [7, 11) is 0. The van der Waals surface area contributed by atoms with Crippen LogP contribution in [0.2, 0.25) is 0 Å². The second kappa shape index (κ2) is 8.98. The zero-order valence-electron chi connectivity index (χ0n) is 24.5. The van der Waals surface area contributed by atoms with Gasteiger partial charge in [0.1, 0.15) is 11.5 Å². The van der Waals surface area contributed by atoms with Gasteiger partial charge in [-0.1, -0.05) is 106 Å². The van der Waals surface area contributed by atoms with E-state index in [2.05, 4.69) is 119 Å². The molecule has 0 aliphatic rings. The van der Waals surface area contributed by atoms with Crippen LogP contribution in [0.25, 0.3) is 0 Å². The molecule has 0 radical (unpaired) electrons. The Labute approximate surface area is 219 Å². The van der Waals surface area contributed by atoms with Crippen LogP contribution in [0.1, 0.15) is 114 Å². The Morgan fingerprint density at radius 2 is 0.722 bits per heavy atom. The molecule has 0 saturated carbocycles. The Kier molecular flexibility index (Phi) is 6.94. The van der Waals surface area contributed by atoms with Crippen LogP contribution in [0.3, 0.4) is 0 Å². The molecule has 3 aromatic carbocycles. The zero-order chi connectivity index (χ0) is 27.4. The number of benzene rings is 3. The third kappa shape index (κ3) is 5.05. The summed E-state index contributed by atoms with van der Waals surface area (Å²) in [6, 6.07) is 17.2. The van der Waals surface area contributed by atoms with Crippen LogP contribution in [0.15, 0.2) is 48.5 Å². The molecule has 36 heavy (non-hydrogen) atoms. The molecule has 194 valence electrons. The van der Waals surface area contributed by atoms with Gasteiger partial charge in [0.05, 0.1) is 0 Å². The Balaban J connectivity index is 2.07. The van der Waals surface area contributed by atoms with Crippen molar-refractivity contribution in [1.82, 2.24) is 0 Å². The van der Waals surface area contributed by atoms with E-state index in [4.69, 9.17) is 0 Å². The first-order chi connectivity index (χ1) is 16.3. The number of phenols is 2. The number of hydrogen-bond acceptors (Lipinski definition) is 2. The van der Waals surface area contributed by atoms with Crippen LogP contribution in [0.5, 0.6) is 11.5 Å². The van der Waals surface area contributed by atoms with E-state index in [9.17, 15) is 10.2 Å². The average molecular weight is 487 g/mol. The van der Waals surface area contributed by atoms with E-state index in [0.29, 0.717) is 11.5 Å². The van der Waals surface area contributed by atoms with Gasteiger partial charge in [0.25, 0.3) is 0 Å². The molecule has 0 aromatic heterocycles. The van der Waals surface area contributed by atoms with E-state index >= 15 is 0 Å². The van der Waals surface area contributed by atoms with Crippen molar-refractivity contribution in [2.75, 3.05) is 0 Å². The van der Waals surface area contributed by atoms with Gasteiger partial charge in [-0.05, 0) is 81.3 Å². The molecule has 0 spiro atoms. The lowest BCUT2D eigenvalue weighted by atomic mass is 9.71. The molecule has 0 aliphatic carbocycles. The minimum absolute atomic E-state index is 0.135. The van der Waals surface area contributed by atoms with E-state index in [1.165, 1.54) is 22.3 Å². The summed E-state index contributed by atoms with van der Waals surface area (Å²) in [6.45, 7) is 26.1. The SMILES string of the molecule is Cc1cc(O)c(C(C)(C)C)cc1C(C)(C)c1ccc(C(C)(C)c2cc(C(C)(C)C)c(O)cc2C)cc1. The van der Waals surface area contributed by atoms with Gasteiger partial charge in [-0.25, -0.2) is 0 Å². The highest BCUT2D eigenvalue weighted by Gasteiger charge is 2.31. The first-order valence-electron chi connectivity index (χ1n) is 13.1. The van der Waals surface area contributed by atoms with Crippen LogP contribution in [-0.2, 0) is 21.7 Å². The summed E-state index contributed by atoms with van der Waals surface area (Å²) >= 11 is 0. The molecular formula is C34H46O2. The minimum Gasteiger partial charge on any atom is -0.508 e. The van der Waals surface area contributed by atoms with E-state index in [1.807, 2.05) is 12.1 Å². The fraction of sp³-hybridized carbons (Fsp3) is 0.471. The average Bonchev–Trinajstić information content (AvgIpc) is 2.71. The van der Waals surface area contributed by atoms with E-state index in [1.54, 1.807) is 0 Å². The topological polar surface area (TPSA) is 40.5 Å². The highest BCUT2D eigenvalue weighted by atomic mass is 16.3. The summed E-state index contributed by atoms with van der Waals surface area (Å²) in [4.78, 5) is 0. The molecule has 3 aromatic rings. The highest BCUT2D eigenvalue weighted by molar-refractivity contribution is 5.53. The Morgan fingerprint density at radius 3 is 0.972 bits per heavy atom. The molecule has 0 amide bonds. The minimum atomic E-state index is -0.214. The second-order valence-corrected chi connectivity index (χ2v) is 13.7. The monoisotopic (exact) mass is 486 g/mol. The molecule has 3 rings (SSSR count). The number of phenolic OH excluding ortho intramolecular Hbond substituents is 2. The first kappa shape index (κ1) is 27.8. The number of hydrogen-bond donors (Lipinski definition) is 2. The third-order valence-electron chi connectivity index (χ3n) is 7.98. The lowest BCUT2D eigenvalue weighted by Crippen LogP contribution is -2.24. The number of aromatic hydroxyl groups is 2. The summed E-state index contributed by atoms with van der Waals surface area (Å²) in [6.07, 6.45) is 0. The van der Waals surface area contributed by atoms with Crippen LogP contribution in [0.4, 0.5) is 0 Å². The second-order valence-electron chi connectivity index (χ2n) is 13.7. The van der Waals surface area contributed by atoms with Crippen LogP contribution in [0, 0.1) is 13.8 Å². The van der Waals surface area contributed by atoms with Gasteiger partial charge in [-0.2, -0.15) is 0 Å². The quantitative estimate of drug-likeness (QED) is 0.386. The van der Waals surface area contributed by atoms with Crippen molar-refractivity contribution in [3.8, 4) is 11.5 Å². The predicted octanol–water partition coefficient (Wildman–Crippen LogP) is 8.96. The summed E-state index contributed by atoms with van der Waals surface area (Å²) < 4.78 is 0. The van der Waals surface area contributed by atoms with Gasteiger partial charge in [0.15, 0.2) is 0 Å². The maximum Gasteiger partial charge on any atom is 0.119 e. The fourth-order valence-corrected chi connectivity index (χ4v) is 5.55. The maximum atomic E-state index is 10.6. The Bertz CT molecular complexity index is 1160. The lowest BCUT2D eigenvalue weighted by molar-refractivity contribution is 0.443. The van der Waals surface area contributed by atoms with E-state index in [-0.39, 0.29) is 21.7 Å². The van der Waals surface area contributed by atoms with Crippen molar-refractivity contribution >= 4 is 0 Å². The molecule has 0 heterocycles. The normalized spacial score (nSPS) is 13.2. The van der Waals surface area contributed by atoms with Crippen molar-refractivity contribution < 1.29 is 10.2 Å². The van der Waals surface area contributed by atoms with Gasteiger partial charge < -0.3 is 10.2 Å². The van der Waals surface area contributed by atoms with Gasteiger partial charge in [0.2, 0.25) is 0 Å². The predicted molar refractivity (Wildman–Crippen MR) is 154 cm³/mol. The van der Waals surface area contributed by atoms with E-state index < -0.39 is 0 Å². The molecule has 0 aliphatic heterocycles. The van der Waals surface area contributed by atoms with Crippen LogP contribution in [-0.4, -0.2) is 10.2 Å². The molecule has 0 saturated heterocycles. The van der Waals surface area contributed by atoms with Crippen molar-refractivity contribution in [2.24, 2.45) is 0 Å². The number of aryl methyl sites for hydroxylation is 2. The smallest absolute Gasteiger partial charge is 0.119 e. The fourth-order valence-electron chi connectivity index (χ4n) is 5.55. The maximum absolute atomic E-state index is 10.6. The lowest BCUT2D eigenvalue weighted by Gasteiger charge is -2.33. The van der Waals surface area contributed by atoms with Crippen molar-refractivity contribution in [3.63, 3.8) is 0 Å². The Hall–Kier alpha value is -2.74. The van der Waals surface area contributed by atoms with Crippen LogP contribution >= 0.6 is 0 Å². The molecule has 2 heteroatoms.